The number of piperidine rings is 5. The molecule has 22 heteroatoms. The molecule has 6 spiro atoms. The zero-order valence-corrected chi connectivity index (χ0v) is 84.8. The lowest BCUT2D eigenvalue weighted by Crippen LogP contribution is -2.50. The predicted molar refractivity (Wildman–Crippen MR) is 531 cm³/mol. The summed E-state index contributed by atoms with van der Waals surface area (Å²) in [6.45, 7) is 65.0. The maximum atomic E-state index is 12.6. The number of aromatic nitrogens is 8. The Morgan fingerprint density at radius 2 is 0.763 bits per heavy atom. The molecule has 5 aromatic heterocycles. The first-order chi connectivity index (χ1) is 61.9. The van der Waals surface area contributed by atoms with Crippen molar-refractivity contribution in [2.75, 3.05) is 139 Å². The van der Waals surface area contributed by atoms with Gasteiger partial charge in [-0.1, -0.05) is 6.07 Å². The second kappa shape index (κ2) is 43.0. The van der Waals surface area contributed by atoms with Gasteiger partial charge in [0.25, 0.3) is 0 Å². The summed E-state index contributed by atoms with van der Waals surface area (Å²) in [5.41, 5.74) is 9.20. The van der Waals surface area contributed by atoms with E-state index in [0.717, 1.165) is 89.1 Å². The number of nitrogens with zero attached hydrogens (tertiary/aromatic N) is 18. The van der Waals surface area contributed by atoms with Crippen LogP contribution in [0, 0.1) is 43.8 Å². The van der Waals surface area contributed by atoms with Gasteiger partial charge >= 0.3 is 6.18 Å². The van der Waals surface area contributed by atoms with E-state index in [-0.39, 0.29) is 5.54 Å². The SMILES string of the molecule is CC(C)(C)N1CCC2(CCC(OCCn3ccnc3)CC2)CC1.CC(C)(C)N1CCC2(CCC(c3cccnc3)CC2)C1.CC(C)(C)N1CCC2(CCC(n3ccnc3)CC2)CC1.CC(C)(C)N1CCC2(CCN(c3ccc(C#N)cc3)CC2)C1.CC(C)(C)N1CCC2(CCN(c3ncc(C(F)(F)F)cn3)CC2)C1.CC(C)(C)N1CCCC2(CCN(c3ccncc3)CC2)CC1. The van der Waals surface area contributed by atoms with Gasteiger partial charge in [-0.05, 0) is 450 Å². The minimum absolute atomic E-state index is 0.192. The zero-order valence-electron chi connectivity index (χ0n) is 84.8. The first-order valence-corrected chi connectivity index (χ1v) is 51.4. The van der Waals surface area contributed by atoms with Crippen LogP contribution in [0.25, 0.3) is 0 Å². The number of alkyl halides is 3. The second-order valence-corrected chi connectivity index (χ2v) is 48.6. The number of ether oxygens (including phenoxy) is 1. The standard InChI is InChI=1S/C19H33N3O.C19H31N3.C19H27N3.C18H28N2.C17H25F3N4.C17H29N3/c1-18(2,3)22-11-8-19(9-12-22)6-4-17(5-7-19)23-15-14-21-13-10-20-16-21;1-18(2,3)22-13-4-7-19(10-16-22)8-14-21(15-9-19)17-5-11-20-12-6-17;1-18(2,3)22-13-10-19(15-22)8-11-21(12-9-19)17-6-4-16(14-20)5-7-17;1-17(2,3)20-12-10-18(14-20)8-6-15(7-9-18)16-5-4-11-19-13-16;1-15(2,3)24-9-6-16(12-24)4-7-23(8-5-16)14-21-10-13(11-22-14)17(18,19)20;1-16(2,3)20-11-8-17(9-12-20)6-4-15(5-7-17)19-13-10-18-14-19/h10,13,16-17H,4-9,11-12,14-15H2,1-3H3;5-6,11-12H,4,7-10,13-16H2,1-3H3;4-7H,8-13,15H2,1-3H3;4-5,11,13,15H,6-10,12,14H2,1-3H3;10-11H,4-9,12H2,1-3H3;10,13-15H,4-9,11-12H2,1-3H3. The molecule has 726 valence electrons. The summed E-state index contributed by atoms with van der Waals surface area (Å²) < 4.78 is 48.3. The van der Waals surface area contributed by atoms with Crippen molar-refractivity contribution in [2.24, 2.45) is 32.5 Å². The summed E-state index contributed by atoms with van der Waals surface area (Å²) in [5.74, 6) is 1.15. The molecular weight excluding hydrogens is 1630 g/mol. The molecule has 12 fully saturated rings. The number of anilines is 3. The normalized spacial score (nSPS) is 23.4. The molecule has 19 nitrogen and oxygen atoms in total. The summed E-state index contributed by atoms with van der Waals surface area (Å²) in [7, 11) is 0. The van der Waals surface area contributed by atoms with E-state index in [4.69, 9.17) is 10.00 Å². The summed E-state index contributed by atoms with van der Waals surface area (Å²) in [4.78, 5) is 47.5. The van der Waals surface area contributed by atoms with Crippen LogP contribution in [-0.2, 0) is 17.5 Å². The van der Waals surface area contributed by atoms with Crippen molar-refractivity contribution in [3.05, 3.63) is 140 Å². The van der Waals surface area contributed by atoms with Crippen LogP contribution in [0.5, 0.6) is 0 Å². The number of pyridine rings is 2. The van der Waals surface area contributed by atoms with E-state index >= 15 is 0 Å². The van der Waals surface area contributed by atoms with Gasteiger partial charge in [-0.2, -0.15) is 18.4 Å². The summed E-state index contributed by atoms with van der Waals surface area (Å²) >= 11 is 0. The third-order valence-corrected chi connectivity index (χ3v) is 34.2. The van der Waals surface area contributed by atoms with E-state index in [1.165, 1.54) is 262 Å². The van der Waals surface area contributed by atoms with Crippen LogP contribution < -0.4 is 14.7 Å². The van der Waals surface area contributed by atoms with Gasteiger partial charge in [0, 0.05) is 178 Å². The smallest absolute Gasteiger partial charge is 0.376 e. The first kappa shape index (κ1) is 102. The minimum Gasteiger partial charge on any atom is -0.376 e. The number of hydrogen-bond donors (Lipinski definition) is 0. The second-order valence-electron chi connectivity index (χ2n) is 48.6. The number of benzene rings is 1. The van der Waals surface area contributed by atoms with Crippen molar-refractivity contribution in [3.63, 3.8) is 0 Å². The number of hydrogen-bond acceptors (Lipinski definition) is 17. The first-order valence-electron chi connectivity index (χ1n) is 51.4. The quantitative estimate of drug-likeness (QED) is 0.135. The molecule has 0 radical (unpaired) electrons. The summed E-state index contributed by atoms with van der Waals surface area (Å²) in [6.07, 6.45) is 54.7. The molecule has 0 atom stereocenters. The number of halogens is 3. The Morgan fingerprint density at radius 1 is 0.374 bits per heavy atom. The highest BCUT2D eigenvalue weighted by Crippen LogP contribution is 2.53. The molecule has 0 unspecified atom stereocenters. The Kier molecular flexibility index (Phi) is 33.4. The molecule has 0 bridgehead atoms. The number of imidazole rings is 2. The Labute approximate surface area is 790 Å². The van der Waals surface area contributed by atoms with Crippen molar-refractivity contribution in [1.29, 1.82) is 5.26 Å². The van der Waals surface area contributed by atoms with E-state index in [9.17, 15) is 13.2 Å². The fourth-order valence-corrected chi connectivity index (χ4v) is 24.4. The van der Waals surface area contributed by atoms with Crippen LogP contribution in [0.15, 0.2) is 123 Å². The molecule has 0 amide bonds. The van der Waals surface area contributed by atoms with E-state index < -0.39 is 11.7 Å². The molecule has 131 heavy (non-hydrogen) atoms. The van der Waals surface area contributed by atoms with Crippen molar-refractivity contribution >= 4 is 17.3 Å². The third-order valence-electron chi connectivity index (χ3n) is 34.2. The lowest BCUT2D eigenvalue weighted by Gasteiger charge is -2.49. The number of nitriles is 1. The van der Waals surface area contributed by atoms with E-state index in [1.54, 1.807) is 0 Å². The molecule has 12 aliphatic rings. The van der Waals surface area contributed by atoms with Gasteiger partial charge in [0.05, 0.1) is 42.6 Å². The van der Waals surface area contributed by atoms with Crippen molar-refractivity contribution in [3.8, 4) is 6.07 Å². The molecule has 6 aromatic rings. The Morgan fingerprint density at radius 3 is 1.18 bits per heavy atom. The topological polar surface area (TPSA) is 149 Å². The minimum atomic E-state index is -4.38. The lowest BCUT2D eigenvalue weighted by atomic mass is 9.66. The van der Waals surface area contributed by atoms with Crippen LogP contribution in [0.4, 0.5) is 30.5 Å². The molecule has 0 N–H and O–H groups in total. The van der Waals surface area contributed by atoms with Gasteiger partial charge < -0.3 is 28.6 Å². The van der Waals surface area contributed by atoms with E-state index in [2.05, 4.69) is 258 Å². The highest BCUT2D eigenvalue weighted by molar-refractivity contribution is 5.50. The molecule has 3 aliphatic carbocycles. The van der Waals surface area contributed by atoms with Gasteiger partial charge in [0.1, 0.15) is 0 Å². The van der Waals surface area contributed by atoms with E-state index in [1.807, 2.05) is 66.9 Å². The van der Waals surface area contributed by atoms with Crippen molar-refractivity contribution < 1.29 is 17.9 Å². The molecular formula is C109H173F3N18O. The van der Waals surface area contributed by atoms with Crippen LogP contribution in [0.2, 0.25) is 0 Å². The van der Waals surface area contributed by atoms with Gasteiger partial charge in [-0.15, -0.1) is 0 Å². The molecule has 9 aliphatic heterocycles. The predicted octanol–water partition coefficient (Wildman–Crippen LogP) is 23.0. The molecule has 14 heterocycles. The van der Waals surface area contributed by atoms with Crippen LogP contribution >= 0.6 is 0 Å². The Balaban J connectivity index is 0.000000134. The largest absolute Gasteiger partial charge is 0.419 e. The summed E-state index contributed by atoms with van der Waals surface area (Å²) in [5, 5.41) is 8.90. The molecule has 9 saturated heterocycles. The Bertz CT molecular complexity index is 4370. The Hall–Kier alpha value is -6.58. The van der Waals surface area contributed by atoms with Crippen molar-refractivity contribution in [2.45, 2.75) is 368 Å². The average Bonchev–Trinajstić information content (AvgIpc) is 1.72. The van der Waals surface area contributed by atoms with Gasteiger partial charge in [-0.25, -0.2) is 19.9 Å². The van der Waals surface area contributed by atoms with Crippen LogP contribution in [-0.4, -0.2) is 232 Å². The fraction of sp³-hybridized carbons (Fsp3) is 0.752. The van der Waals surface area contributed by atoms with Crippen molar-refractivity contribution in [1.82, 2.24) is 68.4 Å². The highest BCUT2D eigenvalue weighted by atomic mass is 19.4. The lowest BCUT2D eigenvalue weighted by molar-refractivity contribution is -0.138. The monoisotopic (exact) mass is 1810 g/mol. The average molecular weight is 1810 g/mol. The maximum absolute atomic E-state index is 12.6. The number of likely N-dealkylation sites (tertiary alicyclic amines) is 6. The molecule has 18 rings (SSSR count). The summed E-state index contributed by atoms with van der Waals surface area (Å²) in [6, 6.07) is 19.6. The van der Waals surface area contributed by atoms with Crippen LogP contribution in [0.1, 0.15) is 333 Å². The van der Waals surface area contributed by atoms with E-state index in [0.29, 0.717) is 78.3 Å². The van der Waals surface area contributed by atoms with Gasteiger partial charge in [0.2, 0.25) is 5.95 Å². The zero-order chi connectivity index (χ0) is 93.8. The molecule has 3 saturated carbocycles. The maximum Gasteiger partial charge on any atom is 0.419 e. The molecule has 1 aromatic carbocycles. The van der Waals surface area contributed by atoms with Crippen LogP contribution in [0.3, 0.4) is 0 Å². The van der Waals surface area contributed by atoms with Gasteiger partial charge in [0.15, 0.2) is 0 Å². The number of rotatable bonds is 9. The fourth-order valence-electron chi connectivity index (χ4n) is 24.4. The highest BCUT2D eigenvalue weighted by Gasteiger charge is 2.49. The third kappa shape index (κ3) is 27.9. The van der Waals surface area contributed by atoms with Gasteiger partial charge in [-0.3, -0.25) is 39.4 Å².